The molecule has 1 amide bonds. The summed E-state index contributed by atoms with van der Waals surface area (Å²) in [7, 11) is 1.54. The van der Waals surface area contributed by atoms with Crippen LogP contribution in [-0.4, -0.2) is 54.0 Å². The van der Waals surface area contributed by atoms with Crippen LogP contribution in [0.15, 0.2) is 60.8 Å². The lowest BCUT2D eigenvalue weighted by molar-refractivity contribution is 0.0625. The number of benzene rings is 2. The number of hydrogen-bond donors (Lipinski definition) is 0. The maximum atomic E-state index is 12.8. The maximum absolute atomic E-state index is 12.8. The highest BCUT2D eigenvalue weighted by molar-refractivity contribution is 5.96. The third-order valence-corrected chi connectivity index (χ3v) is 5.13. The second-order valence-electron chi connectivity index (χ2n) is 6.77. The largest absolute Gasteiger partial charge is 0.480 e. The quantitative estimate of drug-likeness (QED) is 0.716. The van der Waals surface area contributed by atoms with E-state index in [4.69, 9.17) is 4.74 Å². The molecule has 0 saturated carbocycles. The molecule has 138 valence electrons. The summed E-state index contributed by atoms with van der Waals surface area (Å²) in [5.41, 5.74) is 1.87. The van der Waals surface area contributed by atoms with Gasteiger partial charge < -0.3 is 9.64 Å². The van der Waals surface area contributed by atoms with Gasteiger partial charge in [-0.15, -0.1) is 0 Å². The first-order valence-corrected chi connectivity index (χ1v) is 9.23. The predicted octanol–water partition coefficient (Wildman–Crippen LogP) is 3.20. The van der Waals surface area contributed by atoms with E-state index in [-0.39, 0.29) is 5.91 Å². The third-order valence-electron chi connectivity index (χ3n) is 5.13. The van der Waals surface area contributed by atoms with Crippen molar-refractivity contribution >= 4 is 16.7 Å². The topological polar surface area (TPSA) is 45.7 Å². The van der Waals surface area contributed by atoms with E-state index in [0.29, 0.717) is 24.5 Å². The zero-order chi connectivity index (χ0) is 18.6. The Hall–Kier alpha value is -2.92. The molecule has 1 saturated heterocycles. The van der Waals surface area contributed by atoms with Crippen LogP contribution in [0.1, 0.15) is 15.9 Å². The van der Waals surface area contributed by atoms with Crippen molar-refractivity contribution in [3.8, 4) is 5.88 Å². The minimum Gasteiger partial charge on any atom is -0.480 e. The maximum Gasteiger partial charge on any atom is 0.259 e. The number of pyridine rings is 1. The molecule has 1 fully saturated rings. The molecular weight excluding hydrogens is 338 g/mol. The lowest BCUT2D eigenvalue weighted by Gasteiger charge is -2.35. The van der Waals surface area contributed by atoms with Crippen LogP contribution >= 0.6 is 0 Å². The number of aromatic nitrogens is 1. The number of amides is 1. The molecule has 1 aliphatic rings. The molecule has 1 aliphatic heterocycles. The minimum absolute atomic E-state index is 0.00948. The number of carbonyl (C=O) groups is 1. The van der Waals surface area contributed by atoms with Gasteiger partial charge in [-0.2, -0.15) is 0 Å². The highest BCUT2D eigenvalue weighted by atomic mass is 16.5. The van der Waals surface area contributed by atoms with Gasteiger partial charge in [-0.3, -0.25) is 9.69 Å². The minimum atomic E-state index is -0.00948. The Balaban J connectivity index is 1.42. The van der Waals surface area contributed by atoms with E-state index in [2.05, 4.69) is 52.3 Å². The Morgan fingerprint density at radius 2 is 1.78 bits per heavy atom. The normalized spacial score (nSPS) is 15.1. The van der Waals surface area contributed by atoms with Crippen LogP contribution in [0.5, 0.6) is 5.88 Å². The van der Waals surface area contributed by atoms with E-state index < -0.39 is 0 Å². The van der Waals surface area contributed by atoms with E-state index >= 15 is 0 Å². The summed E-state index contributed by atoms with van der Waals surface area (Å²) >= 11 is 0. The van der Waals surface area contributed by atoms with E-state index in [9.17, 15) is 4.79 Å². The number of hydrogen-bond acceptors (Lipinski definition) is 4. The molecule has 0 spiro atoms. The summed E-state index contributed by atoms with van der Waals surface area (Å²) < 4.78 is 5.23. The summed E-state index contributed by atoms with van der Waals surface area (Å²) in [5, 5.41) is 2.58. The van der Waals surface area contributed by atoms with Gasteiger partial charge in [-0.05, 0) is 28.5 Å². The third kappa shape index (κ3) is 3.64. The van der Waals surface area contributed by atoms with Gasteiger partial charge in [0.25, 0.3) is 5.91 Å². The van der Waals surface area contributed by atoms with E-state index in [1.54, 1.807) is 25.4 Å². The Kier molecular flexibility index (Phi) is 5.03. The second kappa shape index (κ2) is 7.76. The Morgan fingerprint density at radius 3 is 2.59 bits per heavy atom. The first kappa shape index (κ1) is 17.5. The van der Waals surface area contributed by atoms with Crippen LogP contribution in [0.2, 0.25) is 0 Å². The molecule has 0 N–H and O–H groups in total. The molecule has 2 heterocycles. The van der Waals surface area contributed by atoms with Gasteiger partial charge in [-0.25, -0.2) is 4.98 Å². The summed E-state index contributed by atoms with van der Waals surface area (Å²) in [4.78, 5) is 21.2. The fourth-order valence-electron chi connectivity index (χ4n) is 3.67. The van der Waals surface area contributed by atoms with E-state index in [1.165, 1.54) is 16.3 Å². The van der Waals surface area contributed by atoms with Crippen molar-refractivity contribution in [2.75, 3.05) is 33.3 Å². The smallest absolute Gasteiger partial charge is 0.259 e. The SMILES string of the molecule is COc1ncccc1C(=O)N1CCN(Cc2cccc3ccccc23)CC1. The van der Waals surface area contributed by atoms with Crippen molar-refractivity contribution < 1.29 is 9.53 Å². The van der Waals surface area contributed by atoms with Crippen molar-refractivity contribution in [1.29, 1.82) is 0 Å². The summed E-state index contributed by atoms with van der Waals surface area (Å²) in [5.74, 6) is 0.380. The highest BCUT2D eigenvalue weighted by Crippen LogP contribution is 2.21. The molecule has 0 unspecified atom stereocenters. The van der Waals surface area contributed by atoms with Crippen LogP contribution in [0.25, 0.3) is 10.8 Å². The van der Waals surface area contributed by atoms with Crippen molar-refractivity contribution in [2.24, 2.45) is 0 Å². The van der Waals surface area contributed by atoms with Crippen LogP contribution in [0.3, 0.4) is 0 Å². The van der Waals surface area contributed by atoms with Crippen molar-refractivity contribution in [2.45, 2.75) is 6.54 Å². The first-order chi connectivity index (χ1) is 13.3. The standard InChI is InChI=1S/C22H23N3O2/c1-27-21-20(10-5-11-23-21)22(26)25-14-12-24(13-15-25)16-18-8-4-7-17-6-2-3-9-19(17)18/h2-11H,12-16H2,1H3. The molecule has 1 aromatic heterocycles. The molecule has 0 bridgehead atoms. The van der Waals surface area contributed by atoms with Gasteiger partial charge in [-0.1, -0.05) is 42.5 Å². The average molecular weight is 361 g/mol. The number of fused-ring (bicyclic) bond motifs is 1. The van der Waals surface area contributed by atoms with Crippen molar-refractivity contribution in [1.82, 2.24) is 14.8 Å². The van der Waals surface area contributed by atoms with Gasteiger partial charge >= 0.3 is 0 Å². The summed E-state index contributed by atoms with van der Waals surface area (Å²) in [6.07, 6.45) is 1.64. The monoisotopic (exact) mass is 361 g/mol. The van der Waals surface area contributed by atoms with Gasteiger partial charge in [0, 0.05) is 38.9 Å². The number of methoxy groups -OCH3 is 1. The lowest BCUT2D eigenvalue weighted by Crippen LogP contribution is -2.48. The summed E-state index contributed by atoms with van der Waals surface area (Å²) in [6, 6.07) is 18.5. The average Bonchev–Trinajstić information content (AvgIpc) is 2.74. The fourth-order valence-corrected chi connectivity index (χ4v) is 3.67. The van der Waals surface area contributed by atoms with Gasteiger partial charge in [0.05, 0.1) is 7.11 Å². The molecule has 0 atom stereocenters. The van der Waals surface area contributed by atoms with Gasteiger partial charge in [0.2, 0.25) is 5.88 Å². The molecule has 5 heteroatoms. The molecule has 3 aromatic rings. The molecule has 2 aromatic carbocycles. The number of piperazine rings is 1. The lowest BCUT2D eigenvalue weighted by atomic mass is 10.0. The number of rotatable bonds is 4. The van der Waals surface area contributed by atoms with Crippen LogP contribution < -0.4 is 4.74 Å². The van der Waals surface area contributed by atoms with Crippen LogP contribution in [-0.2, 0) is 6.54 Å². The molecule has 5 nitrogen and oxygen atoms in total. The summed E-state index contributed by atoms with van der Waals surface area (Å²) in [6.45, 7) is 4.04. The Morgan fingerprint density at radius 1 is 1.00 bits per heavy atom. The van der Waals surface area contributed by atoms with Crippen LogP contribution in [0.4, 0.5) is 0 Å². The Bertz CT molecular complexity index is 944. The van der Waals surface area contributed by atoms with E-state index in [0.717, 1.165) is 19.6 Å². The molecule has 27 heavy (non-hydrogen) atoms. The predicted molar refractivity (Wildman–Crippen MR) is 106 cm³/mol. The van der Waals surface area contributed by atoms with E-state index in [1.807, 2.05) is 4.90 Å². The highest BCUT2D eigenvalue weighted by Gasteiger charge is 2.24. The van der Waals surface area contributed by atoms with Gasteiger partial charge in [0.1, 0.15) is 5.56 Å². The first-order valence-electron chi connectivity index (χ1n) is 9.23. The Labute approximate surface area is 159 Å². The number of carbonyl (C=O) groups excluding carboxylic acids is 1. The fraction of sp³-hybridized carbons (Fsp3) is 0.273. The molecule has 0 radical (unpaired) electrons. The number of nitrogens with zero attached hydrogens (tertiary/aromatic N) is 3. The molecule has 0 aliphatic carbocycles. The number of ether oxygens (including phenoxy) is 1. The van der Waals surface area contributed by atoms with Crippen LogP contribution in [0, 0.1) is 0 Å². The zero-order valence-corrected chi connectivity index (χ0v) is 15.5. The van der Waals surface area contributed by atoms with Crippen molar-refractivity contribution in [3.63, 3.8) is 0 Å². The molecule has 4 rings (SSSR count). The van der Waals surface area contributed by atoms with Gasteiger partial charge in [0.15, 0.2) is 0 Å². The second-order valence-corrected chi connectivity index (χ2v) is 6.77. The molecular formula is C22H23N3O2. The zero-order valence-electron chi connectivity index (χ0n) is 15.5. The van der Waals surface area contributed by atoms with Crippen molar-refractivity contribution in [3.05, 3.63) is 71.9 Å².